The molecule has 0 saturated carbocycles. The predicted molar refractivity (Wildman–Crippen MR) is 143 cm³/mol. The number of amides is 1. The predicted octanol–water partition coefficient (Wildman–Crippen LogP) is 7.09. The number of aromatic nitrogens is 2. The van der Waals surface area contributed by atoms with E-state index in [2.05, 4.69) is 16.8 Å². The van der Waals surface area contributed by atoms with Gasteiger partial charge in [-0.2, -0.15) is 0 Å². The van der Waals surface area contributed by atoms with Crippen molar-refractivity contribution in [3.63, 3.8) is 0 Å². The lowest BCUT2D eigenvalue weighted by Crippen LogP contribution is -2.26. The molecule has 3 aromatic rings. The Labute approximate surface area is 216 Å². The highest BCUT2D eigenvalue weighted by atomic mass is 32.2. The summed E-state index contributed by atoms with van der Waals surface area (Å²) in [7, 11) is 0. The van der Waals surface area contributed by atoms with Crippen molar-refractivity contribution in [1.29, 1.82) is 0 Å². The van der Waals surface area contributed by atoms with Crippen LogP contribution >= 0.6 is 11.8 Å². The first-order valence-electron chi connectivity index (χ1n) is 12.2. The van der Waals surface area contributed by atoms with Crippen LogP contribution in [0.1, 0.15) is 68.2 Å². The monoisotopic (exact) mass is 511 g/mol. The van der Waals surface area contributed by atoms with Crippen LogP contribution in [0, 0.1) is 19.7 Å². The largest absolute Gasteiger partial charge is 0.480 e. The second kappa shape index (κ2) is 11.7. The van der Waals surface area contributed by atoms with Crippen LogP contribution < -0.4 is 5.32 Å². The number of carbonyl (C=O) groups excluding carboxylic acids is 1. The van der Waals surface area contributed by atoms with E-state index in [1.165, 1.54) is 23.9 Å². The van der Waals surface area contributed by atoms with Crippen molar-refractivity contribution in [1.82, 2.24) is 9.55 Å². The van der Waals surface area contributed by atoms with Crippen molar-refractivity contribution in [3.8, 4) is 11.4 Å². The molecular formula is C28H34FN3O3S. The highest BCUT2D eigenvalue weighted by molar-refractivity contribution is 8.01. The lowest BCUT2D eigenvalue weighted by molar-refractivity contribution is -0.138. The normalized spacial score (nSPS) is 11.5. The number of aryl methyl sites for hydroxylation is 1. The molecule has 3 rings (SSSR count). The van der Waals surface area contributed by atoms with Crippen LogP contribution in [0.4, 0.5) is 10.1 Å². The first-order chi connectivity index (χ1) is 17.0. The third kappa shape index (κ3) is 6.55. The summed E-state index contributed by atoms with van der Waals surface area (Å²) in [6.07, 6.45) is 4.33. The number of imidazole rings is 1. The Balaban J connectivity index is 1.92. The number of nitrogens with one attached hydrogen (secondary N) is 1. The van der Waals surface area contributed by atoms with Gasteiger partial charge in [-0.1, -0.05) is 38.3 Å². The second-order valence-corrected chi connectivity index (χ2v) is 11.1. The van der Waals surface area contributed by atoms with Gasteiger partial charge in [-0.3, -0.25) is 9.59 Å². The van der Waals surface area contributed by atoms with Gasteiger partial charge in [0, 0.05) is 28.4 Å². The van der Waals surface area contributed by atoms with Crippen molar-refractivity contribution in [2.45, 2.75) is 76.5 Å². The molecule has 0 radical (unpaired) electrons. The lowest BCUT2D eigenvalue weighted by atomic mass is 10.2. The van der Waals surface area contributed by atoms with Crippen LogP contribution in [0.15, 0.2) is 47.4 Å². The number of hydrogen-bond acceptors (Lipinski definition) is 4. The summed E-state index contributed by atoms with van der Waals surface area (Å²) in [5.41, 5.74) is 3.13. The van der Waals surface area contributed by atoms with Gasteiger partial charge in [-0.05, 0) is 70.0 Å². The van der Waals surface area contributed by atoms with Gasteiger partial charge in [0.1, 0.15) is 22.1 Å². The molecule has 2 N–H and O–H groups in total. The number of halogens is 1. The van der Waals surface area contributed by atoms with Crippen molar-refractivity contribution < 1.29 is 19.1 Å². The lowest BCUT2D eigenvalue weighted by Gasteiger charge is -2.18. The number of aliphatic carboxylic acids is 1. The summed E-state index contributed by atoms with van der Waals surface area (Å²) in [5, 5.41) is 12.3. The Bertz CT molecular complexity index is 1240. The molecule has 0 aliphatic heterocycles. The standard InChI is InChI=1S/C28H34FN3O3S/c1-6-7-8-9-16-32-19(3)24(26(33)30-23-15-12-21(29)17-18(23)2)31-25(32)20-10-13-22(14-11-20)36-28(4,5)27(34)35/h10-15,17H,6-9,16H2,1-5H3,(H,30,33)(H,34,35). The average Bonchev–Trinajstić information content (AvgIpc) is 3.15. The van der Waals surface area contributed by atoms with E-state index >= 15 is 0 Å². The molecule has 36 heavy (non-hydrogen) atoms. The van der Waals surface area contributed by atoms with E-state index in [0.717, 1.165) is 48.4 Å². The SMILES string of the molecule is CCCCCCn1c(-c2ccc(SC(C)(C)C(=O)O)cc2)nc(C(=O)Nc2ccc(F)cc2C)c1C. The summed E-state index contributed by atoms with van der Waals surface area (Å²) >= 11 is 1.28. The number of hydrogen-bond donors (Lipinski definition) is 2. The number of anilines is 1. The number of rotatable bonds is 11. The minimum Gasteiger partial charge on any atom is -0.480 e. The van der Waals surface area contributed by atoms with Crippen LogP contribution in [-0.2, 0) is 11.3 Å². The zero-order valence-corrected chi connectivity index (χ0v) is 22.3. The zero-order chi connectivity index (χ0) is 26.5. The van der Waals surface area contributed by atoms with E-state index in [9.17, 15) is 19.1 Å². The van der Waals surface area contributed by atoms with Crippen LogP contribution in [-0.4, -0.2) is 31.3 Å². The molecule has 0 aliphatic rings. The molecule has 1 aromatic heterocycles. The molecule has 0 saturated heterocycles. The zero-order valence-electron chi connectivity index (χ0n) is 21.5. The number of unbranched alkanes of at least 4 members (excludes halogenated alkanes) is 3. The second-order valence-electron chi connectivity index (χ2n) is 9.44. The van der Waals surface area contributed by atoms with Crippen LogP contribution in [0.25, 0.3) is 11.4 Å². The molecule has 0 atom stereocenters. The minimum atomic E-state index is -0.945. The first kappa shape index (κ1) is 27.5. The molecular weight excluding hydrogens is 477 g/mol. The van der Waals surface area contributed by atoms with E-state index in [1.54, 1.807) is 26.8 Å². The van der Waals surface area contributed by atoms with Crippen molar-refractivity contribution in [2.24, 2.45) is 0 Å². The molecule has 1 heterocycles. The van der Waals surface area contributed by atoms with Gasteiger partial charge in [-0.25, -0.2) is 9.37 Å². The Morgan fingerprint density at radius 2 is 1.78 bits per heavy atom. The summed E-state index contributed by atoms with van der Waals surface area (Å²) in [6.45, 7) is 9.89. The molecule has 0 bridgehead atoms. The Kier molecular flexibility index (Phi) is 8.95. The highest BCUT2D eigenvalue weighted by Gasteiger charge is 2.28. The summed E-state index contributed by atoms with van der Waals surface area (Å²) in [5.74, 6) is -0.874. The molecule has 0 aliphatic carbocycles. The van der Waals surface area contributed by atoms with Crippen molar-refractivity contribution in [2.75, 3.05) is 5.32 Å². The minimum absolute atomic E-state index is 0.328. The number of carbonyl (C=O) groups is 2. The van der Waals surface area contributed by atoms with Gasteiger partial charge in [-0.15, -0.1) is 11.8 Å². The maximum Gasteiger partial charge on any atom is 0.319 e. The molecule has 0 spiro atoms. The third-order valence-corrected chi connectivity index (χ3v) is 7.30. The molecule has 0 unspecified atom stereocenters. The van der Waals surface area contributed by atoms with Gasteiger partial charge in [0.05, 0.1) is 0 Å². The number of benzene rings is 2. The summed E-state index contributed by atoms with van der Waals surface area (Å²) < 4.78 is 14.6. The van der Waals surface area contributed by atoms with Crippen molar-refractivity contribution in [3.05, 3.63) is 65.2 Å². The molecule has 6 nitrogen and oxygen atoms in total. The number of carboxylic acids is 1. The van der Waals surface area contributed by atoms with E-state index < -0.39 is 10.7 Å². The Morgan fingerprint density at radius 3 is 2.39 bits per heavy atom. The van der Waals surface area contributed by atoms with E-state index in [0.29, 0.717) is 22.8 Å². The Morgan fingerprint density at radius 1 is 1.08 bits per heavy atom. The maximum atomic E-state index is 13.5. The third-order valence-electron chi connectivity index (χ3n) is 6.11. The summed E-state index contributed by atoms with van der Waals surface area (Å²) in [6, 6.07) is 11.8. The van der Waals surface area contributed by atoms with Gasteiger partial charge >= 0.3 is 5.97 Å². The fourth-order valence-corrected chi connectivity index (χ4v) is 4.85. The van der Waals surface area contributed by atoms with Crippen LogP contribution in [0.3, 0.4) is 0 Å². The average molecular weight is 512 g/mol. The quantitative estimate of drug-likeness (QED) is 0.212. The smallest absolute Gasteiger partial charge is 0.319 e. The van der Waals surface area contributed by atoms with Crippen LogP contribution in [0.2, 0.25) is 0 Å². The van der Waals surface area contributed by atoms with Gasteiger partial charge in [0.2, 0.25) is 0 Å². The Hall–Kier alpha value is -3.13. The van der Waals surface area contributed by atoms with Gasteiger partial charge < -0.3 is 15.0 Å². The van der Waals surface area contributed by atoms with Crippen molar-refractivity contribution >= 4 is 29.3 Å². The van der Waals surface area contributed by atoms with E-state index in [4.69, 9.17) is 4.98 Å². The molecule has 1 amide bonds. The number of carboxylic acid groups (broad SMARTS) is 1. The fourth-order valence-electron chi connectivity index (χ4n) is 3.90. The molecule has 192 valence electrons. The molecule has 2 aromatic carbocycles. The maximum absolute atomic E-state index is 13.5. The topological polar surface area (TPSA) is 84.2 Å². The van der Waals surface area contributed by atoms with Gasteiger partial charge in [0.15, 0.2) is 0 Å². The van der Waals surface area contributed by atoms with Crippen LogP contribution in [0.5, 0.6) is 0 Å². The summed E-state index contributed by atoms with van der Waals surface area (Å²) in [4.78, 5) is 30.2. The van der Waals surface area contributed by atoms with Gasteiger partial charge in [0.25, 0.3) is 5.91 Å². The fraction of sp³-hybridized carbons (Fsp3) is 0.393. The number of thioether (sulfide) groups is 1. The molecule has 8 heteroatoms. The molecule has 0 fully saturated rings. The van der Waals surface area contributed by atoms with E-state index in [1.807, 2.05) is 31.2 Å². The number of nitrogens with zero attached hydrogens (tertiary/aromatic N) is 2. The first-order valence-corrected chi connectivity index (χ1v) is 13.0. The van der Waals surface area contributed by atoms with E-state index in [-0.39, 0.29) is 11.7 Å². The highest BCUT2D eigenvalue weighted by Crippen LogP contribution is 2.34.